The maximum Gasteiger partial charge on any atom is 0.0406 e. The summed E-state index contributed by atoms with van der Waals surface area (Å²) in [6.07, 6.45) is 2.55. The first kappa shape index (κ1) is 9.94. The minimum atomic E-state index is 0.815. The van der Waals surface area contributed by atoms with Crippen molar-refractivity contribution in [2.24, 2.45) is 0 Å². The quantitative estimate of drug-likeness (QED) is 0.518. The van der Waals surface area contributed by atoms with Gasteiger partial charge >= 0.3 is 0 Å². The van der Waals surface area contributed by atoms with E-state index in [9.17, 15) is 0 Å². The Balaban J connectivity index is 2.37. The molecule has 0 heterocycles. The van der Waals surface area contributed by atoms with Gasteiger partial charge < -0.3 is 0 Å². The minimum Gasteiger partial charge on any atom is -0.126 e. The van der Waals surface area contributed by atoms with Crippen molar-refractivity contribution in [2.75, 3.05) is 5.75 Å². The van der Waals surface area contributed by atoms with Crippen LogP contribution in [-0.4, -0.2) is 5.75 Å². The van der Waals surface area contributed by atoms with Gasteiger partial charge in [0, 0.05) is 9.92 Å². The first-order valence-corrected chi connectivity index (χ1v) is 5.57. The highest BCUT2D eigenvalue weighted by atomic mass is 35.5. The number of unbranched alkanes of at least 4 members (excludes halogenated alkanes) is 1. The Morgan fingerprint density at radius 1 is 1.25 bits per heavy atom. The average Bonchev–Trinajstić information content (AvgIpc) is 2.09. The molecule has 0 bridgehead atoms. The lowest BCUT2D eigenvalue weighted by atomic mass is 10.4. The summed E-state index contributed by atoms with van der Waals surface area (Å²) in [5.74, 6) is 1.21. The average molecular weight is 201 g/mol. The summed E-state index contributed by atoms with van der Waals surface area (Å²) < 4.78 is 0. The van der Waals surface area contributed by atoms with Gasteiger partial charge in [-0.2, -0.15) is 0 Å². The van der Waals surface area contributed by atoms with E-state index in [4.69, 9.17) is 11.6 Å². The molecule has 0 radical (unpaired) electrons. The van der Waals surface area contributed by atoms with E-state index in [2.05, 4.69) is 19.1 Å². The van der Waals surface area contributed by atoms with E-state index in [1.54, 1.807) is 0 Å². The minimum absolute atomic E-state index is 0.815. The lowest BCUT2D eigenvalue weighted by molar-refractivity contribution is 0.896. The highest BCUT2D eigenvalue weighted by Gasteiger charge is 1.92. The normalized spacial score (nSPS) is 10.2. The van der Waals surface area contributed by atoms with Crippen molar-refractivity contribution in [2.45, 2.75) is 24.7 Å². The number of rotatable bonds is 4. The molecule has 0 amide bonds. The SMILES string of the molecule is CCCCSc1ccc(Cl)cc1. The number of hydrogen-bond donors (Lipinski definition) is 0. The zero-order valence-electron chi connectivity index (χ0n) is 7.22. The van der Waals surface area contributed by atoms with Crippen LogP contribution in [0.15, 0.2) is 29.2 Å². The molecule has 66 valence electrons. The van der Waals surface area contributed by atoms with Crippen molar-refractivity contribution in [3.63, 3.8) is 0 Å². The summed E-state index contributed by atoms with van der Waals surface area (Å²) in [6, 6.07) is 8.02. The summed E-state index contributed by atoms with van der Waals surface area (Å²) in [4.78, 5) is 1.31. The molecule has 0 N–H and O–H groups in total. The molecule has 0 aliphatic carbocycles. The predicted molar refractivity (Wildman–Crippen MR) is 57.1 cm³/mol. The Hall–Kier alpha value is -0.140. The Kier molecular flexibility index (Phi) is 4.55. The number of halogens is 1. The first-order chi connectivity index (χ1) is 5.83. The van der Waals surface area contributed by atoms with Crippen LogP contribution in [0.1, 0.15) is 19.8 Å². The fourth-order valence-corrected chi connectivity index (χ4v) is 1.99. The summed E-state index contributed by atoms with van der Waals surface area (Å²) in [6.45, 7) is 2.21. The highest BCUT2D eigenvalue weighted by molar-refractivity contribution is 7.99. The van der Waals surface area contributed by atoms with Gasteiger partial charge in [-0.05, 0) is 36.4 Å². The third-order valence-corrected chi connectivity index (χ3v) is 2.93. The molecule has 0 unspecified atom stereocenters. The van der Waals surface area contributed by atoms with E-state index in [1.165, 1.54) is 23.5 Å². The fourth-order valence-electron chi connectivity index (χ4n) is 0.865. The van der Waals surface area contributed by atoms with Crippen LogP contribution in [0.25, 0.3) is 0 Å². The van der Waals surface area contributed by atoms with E-state index >= 15 is 0 Å². The van der Waals surface area contributed by atoms with Crippen molar-refractivity contribution < 1.29 is 0 Å². The van der Waals surface area contributed by atoms with Gasteiger partial charge in [0.2, 0.25) is 0 Å². The smallest absolute Gasteiger partial charge is 0.0406 e. The van der Waals surface area contributed by atoms with Crippen molar-refractivity contribution >= 4 is 23.4 Å². The Morgan fingerprint density at radius 2 is 1.92 bits per heavy atom. The zero-order valence-corrected chi connectivity index (χ0v) is 8.79. The van der Waals surface area contributed by atoms with Crippen LogP contribution < -0.4 is 0 Å². The first-order valence-electron chi connectivity index (χ1n) is 4.21. The van der Waals surface area contributed by atoms with Crippen LogP contribution in [0.3, 0.4) is 0 Å². The Labute approximate surface area is 83.3 Å². The highest BCUT2D eigenvalue weighted by Crippen LogP contribution is 2.21. The number of benzene rings is 1. The lowest BCUT2D eigenvalue weighted by Crippen LogP contribution is -1.77. The topological polar surface area (TPSA) is 0 Å². The second-order valence-electron chi connectivity index (χ2n) is 2.66. The van der Waals surface area contributed by atoms with Crippen molar-refractivity contribution in [1.82, 2.24) is 0 Å². The van der Waals surface area contributed by atoms with Gasteiger partial charge in [-0.25, -0.2) is 0 Å². The molecule has 12 heavy (non-hydrogen) atoms. The number of hydrogen-bond acceptors (Lipinski definition) is 1. The molecular weight excluding hydrogens is 188 g/mol. The Morgan fingerprint density at radius 3 is 2.50 bits per heavy atom. The second kappa shape index (κ2) is 5.50. The van der Waals surface area contributed by atoms with E-state index < -0.39 is 0 Å². The van der Waals surface area contributed by atoms with Crippen molar-refractivity contribution in [1.29, 1.82) is 0 Å². The zero-order chi connectivity index (χ0) is 8.81. The summed E-state index contributed by atoms with van der Waals surface area (Å²) in [5.41, 5.74) is 0. The molecule has 1 aromatic carbocycles. The molecule has 2 heteroatoms. The van der Waals surface area contributed by atoms with Crippen molar-refractivity contribution in [3.05, 3.63) is 29.3 Å². The van der Waals surface area contributed by atoms with Gasteiger partial charge in [-0.1, -0.05) is 24.9 Å². The monoisotopic (exact) mass is 200 g/mol. The van der Waals surface area contributed by atoms with Crippen LogP contribution in [0, 0.1) is 0 Å². The van der Waals surface area contributed by atoms with Gasteiger partial charge in [-0.3, -0.25) is 0 Å². The van der Waals surface area contributed by atoms with Gasteiger partial charge in [0.1, 0.15) is 0 Å². The van der Waals surface area contributed by atoms with E-state index in [-0.39, 0.29) is 0 Å². The van der Waals surface area contributed by atoms with Crippen LogP contribution in [-0.2, 0) is 0 Å². The maximum atomic E-state index is 5.76. The molecule has 0 atom stereocenters. The maximum absolute atomic E-state index is 5.76. The third kappa shape index (κ3) is 3.51. The summed E-state index contributed by atoms with van der Waals surface area (Å²) >= 11 is 7.66. The second-order valence-corrected chi connectivity index (χ2v) is 4.26. The molecule has 1 rings (SSSR count). The molecule has 0 aromatic heterocycles. The number of thioether (sulfide) groups is 1. The molecule has 0 aliphatic rings. The summed E-state index contributed by atoms with van der Waals surface area (Å²) in [7, 11) is 0. The van der Waals surface area contributed by atoms with E-state index in [0.29, 0.717) is 0 Å². The van der Waals surface area contributed by atoms with Gasteiger partial charge in [-0.15, -0.1) is 11.8 Å². The standard InChI is InChI=1S/C10H13ClS/c1-2-3-8-12-10-6-4-9(11)5-7-10/h4-7H,2-3,8H2,1H3. The summed E-state index contributed by atoms with van der Waals surface area (Å²) in [5, 5.41) is 0.815. The largest absolute Gasteiger partial charge is 0.126 e. The van der Waals surface area contributed by atoms with Crippen molar-refractivity contribution in [3.8, 4) is 0 Å². The van der Waals surface area contributed by atoms with Gasteiger partial charge in [0.25, 0.3) is 0 Å². The van der Waals surface area contributed by atoms with Crippen LogP contribution >= 0.6 is 23.4 Å². The van der Waals surface area contributed by atoms with Gasteiger partial charge in [0.05, 0.1) is 0 Å². The predicted octanol–water partition coefficient (Wildman–Crippen LogP) is 4.23. The molecule has 0 nitrogen and oxygen atoms in total. The van der Waals surface area contributed by atoms with E-state index in [0.717, 1.165) is 5.02 Å². The van der Waals surface area contributed by atoms with Gasteiger partial charge in [0.15, 0.2) is 0 Å². The fraction of sp³-hybridized carbons (Fsp3) is 0.400. The van der Waals surface area contributed by atoms with Crippen LogP contribution in [0.4, 0.5) is 0 Å². The Bertz CT molecular complexity index is 218. The van der Waals surface area contributed by atoms with E-state index in [1.807, 2.05) is 23.9 Å². The molecule has 0 saturated heterocycles. The molecule has 1 aromatic rings. The third-order valence-electron chi connectivity index (χ3n) is 1.58. The van der Waals surface area contributed by atoms with Crippen LogP contribution in [0.5, 0.6) is 0 Å². The molecule has 0 spiro atoms. The van der Waals surface area contributed by atoms with Crippen LogP contribution in [0.2, 0.25) is 5.02 Å². The lowest BCUT2D eigenvalue weighted by Gasteiger charge is -1.99. The molecule has 0 aliphatic heterocycles. The molecule has 0 fully saturated rings. The molecular formula is C10H13ClS. The molecule has 0 saturated carbocycles.